The normalized spacial score (nSPS) is 11.2. The summed E-state index contributed by atoms with van der Waals surface area (Å²) < 4.78 is 43.9. The molecule has 1 heterocycles. The Morgan fingerprint density at radius 1 is 1.56 bits per heavy atom. The summed E-state index contributed by atoms with van der Waals surface area (Å²) in [5, 5.41) is 9.32. The predicted octanol–water partition coefficient (Wildman–Crippen LogP) is 2.01. The van der Waals surface area contributed by atoms with E-state index >= 15 is 0 Å². The number of halogens is 4. The lowest BCUT2D eigenvalue weighted by molar-refractivity contribution is -0.276. The van der Waals surface area contributed by atoms with Gasteiger partial charge in [0.1, 0.15) is 3.70 Å². The molecule has 0 aromatic carbocycles. The number of nitrogens with zero attached hydrogens (tertiary/aromatic N) is 1. The summed E-state index contributed by atoms with van der Waals surface area (Å²) in [6.07, 6.45) is -5.15. The average Bonchev–Trinajstić information content (AvgIpc) is 2.23. The third kappa shape index (κ3) is 4.20. The zero-order valence-corrected chi connectivity index (χ0v) is 11.1. The van der Waals surface area contributed by atoms with E-state index in [1.54, 1.807) is 22.6 Å². The minimum absolute atomic E-state index is 0.107. The Balaban J connectivity index is 3.01. The smallest absolute Gasteiger partial charge is 0.503 e. The van der Waals surface area contributed by atoms with Gasteiger partial charge in [0.2, 0.25) is 0 Å². The highest BCUT2D eigenvalue weighted by Crippen LogP contribution is 2.31. The van der Waals surface area contributed by atoms with Crippen LogP contribution in [0.5, 0.6) is 11.6 Å². The van der Waals surface area contributed by atoms with E-state index in [0.717, 1.165) is 6.07 Å². The molecule has 0 amide bonds. The second kappa shape index (κ2) is 5.59. The molecule has 1 aromatic heterocycles. The summed E-state index contributed by atoms with van der Waals surface area (Å²) in [6, 6.07) is 0.979. The first-order valence-corrected chi connectivity index (χ1v) is 5.51. The van der Waals surface area contributed by atoms with Crippen LogP contribution in [0.3, 0.4) is 0 Å². The van der Waals surface area contributed by atoms with Gasteiger partial charge >= 0.3 is 12.3 Å². The van der Waals surface area contributed by atoms with Crippen LogP contribution in [0.15, 0.2) is 6.07 Å². The third-order valence-electron chi connectivity index (χ3n) is 1.77. The second-order valence-electron chi connectivity index (χ2n) is 3.06. The Bertz CT molecular complexity index is 464. The summed E-state index contributed by atoms with van der Waals surface area (Å²) in [7, 11) is 1.17. The Morgan fingerprint density at radius 2 is 2.17 bits per heavy atom. The van der Waals surface area contributed by atoms with Crippen LogP contribution in [-0.2, 0) is 16.0 Å². The molecule has 0 aliphatic heterocycles. The monoisotopic (exact) mass is 377 g/mol. The van der Waals surface area contributed by atoms with Crippen molar-refractivity contribution in [2.75, 3.05) is 7.11 Å². The van der Waals surface area contributed by atoms with Crippen molar-refractivity contribution < 1.29 is 32.5 Å². The average molecular weight is 377 g/mol. The number of methoxy groups -OCH3 is 1. The van der Waals surface area contributed by atoms with E-state index in [4.69, 9.17) is 0 Å². The number of carbonyl (C=O) groups is 1. The molecule has 0 aliphatic rings. The maximum atomic E-state index is 12.0. The van der Waals surface area contributed by atoms with Gasteiger partial charge in [-0.2, -0.15) is 0 Å². The number of hydrogen-bond donors (Lipinski definition) is 1. The van der Waals surface area contributed by atoms with Crippen LogP contribution in [0, 0.1) is 3.70 Å². The number of pyridine rings is 1. The molecule has 0 saturated heterocycles. The van der Waals surface area contributed by atoms with Crippen LogP contribution in [0.2, 0.25) is 0 Å². The number of carbonyl (C=O) groups excluding carboxylic acids is 1. The Labute approximate surface area is 113 Å². The van der Waals surface area contributed by atoms with Crippen LogP contribution in [0.4, 0.5) is 13.2 Å². The lowest BCUT2D eigenvalue weighted by atomic mass is 10.2. The van der Waals surface area contributed by atoms with Gasteiger partial charge in [0.25, 0.3) is 5.88 Å². The van der Waals surface area contributed by atoms with Gasteiger partial charge in [-0.3, -0.25) is 4.79 Å². The Hall–Kier alpha value is -1.26. The summed E-state index contributed by atoms with van der Waals surface area (Å²) in [6.45, 7) is 0. The number of aromatic nitrogens is 1. The summed E-state index contributed by atoms with van der Waals surface area (Å²) in [5.74, 6) is -2.36. The van der Waals surface area contributed by atoms with Gasteiger partial charge in [-0.25, -0.2) is 4.98 Å². The molecule has 18 heavy (non-hydrogen) atoms. The van der Waals surface area contributed by atoms with E-state index < -0.39 is 24.0 Å². The minimum atomic E-state index is -4.95. The van der Waals surface area contributed by atoms with Crippen LogP contribution in [0.25, 0.3) is 0 Å². The van der Waals surface area contributed by atoms with Gasteiger partial charge in [-0.05, 0) is 34.2 Å². The van der Waals surface area contributed by atoms with Crippen molar-refractivity contribution in [3.8, 4) is 11.6 Å². The van der Waals surface area contributed by atoms with E-state index in [1.165, 1.54) is 7.11 Å². The number of rotatable bonds is 3. The van der Waals surface area contributed by atoms with Crippen molar-refractivity contribution in [2.45, 2.75) is 12.8 Å². The molecular weight excluding hydrogens is 370 g/mol. The predicted molar refractivity (Wildman–Crippen MR) is 61.0 cm³/mol. The second-order valence-corrected chi connectivity index (χ2v) is 4.09. The molecule has 0 bridgehead atoms. The first-order valence-electron chi connectivity index (χ1n) is 4.44. The van der Waals surface area contributed by atoms with Crippen molar-refractivity contribution in [1.82, 2.24) is 4.98 Å². The zero-order chi connectivity index (χ0) is 13.9. The molecule has 0 unspecified atom stereocenters. The lowest BCUT2D eigenvalue weighted by Gasteiger charge is -2.11. The van der Waals surface area contributed by atoms with E-state index in [2.05, 4.69) is 14.5 Å². The summed E-state index contributed by atoms with van der Waals surface area (Å²) >= 11 is 1.63. The highest BCUT2D eigenvalue weighted by Gasteiger charge is 2.33. The fourth-order valence-corrected chi connectivity index (χ4v) is 1.61. The minimum Gasteiger partial charge on any atom is -0.503 e. The topological polar surface area (TPSA) is 68.7 Å². The Morgan fingerprint density at radius 3 is 2.67 bits per heavy atom. The van der Waals surface area contributed by atoms with Crippen LogP contribution in [-0.4, -0.2) is 29.5 Å². The molecule has 0 saturated carbocycles. The lowest BCUT2D eigenvalue weighted by Crippen LogP contribution is -2.18. The van der Waals surface area contributed by atoms with E-state index in [9.17, 15) is 23.1 Å². The van der Waals surface area contributed by atoms with Crippen molar-refractivity contribution in [3.05, 3.63) is 15.3 Å². The van der Waals surface area contributed by atoms with E-state index in [0.29, 0.717) is 0 Å². The zero-order valence-electron chi connectivity index (χ0n) is 8.92. The van der Waals surface area contributed by atoms with Gasteiger partial charge in [0, 0.05) is 0 Å². The Kier molecular flexibility index (Phi) is 4.59. The summed E-state index contributed by atoms with van der Waals surface area (Å²) in [4.78, 5) is 14.4. The first-order chi connectivity index (χ1) is 8.23. The molecule has 5 nitrogen and oxygen atoms in total. The molecule has 1 aromatic rings. The molecule has 100 valence electrons. The molecule has 9 heteroatoms. The van der Waals surface area contributed by atoms with Crippen LogP contribution >= 0.6 is 22.6 Å². The highest BCUT2D eigenvalue weighted by molar-refractivity contribution is 14.1. The van der Waals surface area contributed by atoms with Gasteiger partial charge < -0.3 is 14.6 Å². The highest BCUT2D eigenvalue weighted by atomic mass is 127. The SMILES string of the molecule is COC(=O)Cc1cc(O)c(OC(F)(F)F)nc1I. The van der Waals surface area contributed by atoms with E-state index in [-0.39, 0.29) is 15.7 Å². The van der Waals surface area contributed by atoms with Crippen molar-refractivity contribution >= 4 is 28.6 Å². The van der Waals surface area contributed by atoms with Gasteiger partial charge in [0.05, 0.1) is 13.5 Å². The first kappa shape index (κ1) is 14.8. The molecule has 1 N–H and O–H groups in total. The largest absolute Gasteiger partial charge is 0.574 e. The standard InChI is InChI=1S/C9H7F3INO4/c1-17-6(16)3-4-2-5(15)8(14-7(4)13)18-9(10,11)12/h2,15H,3H2,1H3. The van der Waals surface area contributed by atoms with Gasteiger partial charge in [-0.1, -0.05) is 0 Å². The number of ether oxygens (including phenoxy) is 2. The van der Waals surface area contributed by atoms with Crippen molar-refractivity contribution in [3.63, 3.8) is 0 Å². The van der Waals surface area contributed by atoms with Crippen molar-refractivity contribution in [2.24, 2.45) is 0 Å². The van der Waals surface area contributed by atoms with Gasteiger partial charge in [-0.15, -0.1) is 13.2 Å². The maximum Gasteiger partial charge on any atom is 0.574 e. The fraction of sp³-hybridized carbons (Fsp3) is 0.333. The molecule has 0 fully saturated rings. The van der Waals surface area contributed by atoms with Crippen LogP contribution < -0.4 is 4.74 Å². The fourth-order valence-electron chi connectivity index (χ4n) is 1.04. The summed E-state index contributed by atoms with van der Waals surface area (Å²) in [5.41, 5.74) is 0.245. The molecule has 0 spiro atoms. The van der Waals surface area contributed by atoms with Crippen LogP contribution in [0.1, 0.15) is 5.56 Å². The van der Waals surface area contributed by atoms with Crippen molar-refractivity contribution in [1.29, 1.82) is 0 Å². The molecule has 0 radical (unpaired) electrons. The number of esters is 1. The maximum absolute atomic E-state index is 12.0. The quantitative estimate of drug-likeness (QED) is 0.496. The third-order valence-corrected chi connectivity index (χ3v) is 2.70. The van der Waals surface area contributed by atoms with Gasteiger partial charge in [0.15, 0.2) is 5.75 Å². The van der Waals surface area contributed by atoms with E-state index in [1.807, 2.05) is 0 Å². The molecular formula is C9H7F3INO4. The molecule has 0 atom stereocenters. The number of hydrogen-bond acceptors (Lipinski definition) is 5. The number of alkyl halides is 3. The number of aromatic hydroxyl groups is 1. The molecule has 1 rings (SSSR count). The molecule has 0 aliphatic carbocycles.